The van der Waals surface area contributed by atoms with Gasteiger partial charge in [0.15, 0.2) is 0 Å². The van der Waals surface area contributed by atoms with E-state index in [2.05, 4.69) is 36.4 Å². The molecule has 0 saturated carbocycles. The molecule has 0 aliphatic heterocycles. The minimum atomic E-state index is 0.565. The molecule has 0 unspecified atom stereocenters. The first kappa shape index (κ1) is 12.5. The smallest absolute Gasteiger partial charge is 0.0474 e. The molecular weight excluding hydrogens is 251 g/mol. The van der Waals surface area contributed by atoms with Crippen molar-refractivity contribution < 1.29 is 0 Å². The van der Waals surface area contributed by atoms with Gasteiger partial charge in [-0.15, -0.1) is 23.2 Å². The maximum absolute atomic E-state index is 5.83. The van der Waals surface area contributed by atoms with Crippen molar-refractivity contribution in [3.63, 3.8) is 0 Å². The van der Waals surface area contributed by atoms with Crippen molar-refractivity contribution in [1.82, 2.24) is 0 Å². The molecule has 0 radical (unpaired) electrons. The predicted molar refractivity (Wildman–Crippen MR) is 74.8 cm³/mol. The summed E-state index contributed by atoms with van der Waals surface area (Å²) in [7, 11) is 0. The molecule has 0 amide bonds. The Balaban J connectivity index is 2.18. The summed E-state index contributed by atoms with van der Waals surface area (Å²) in [4.78, 5) is 0. The van der Waals surface area contributed by atoms with E-state index in [0.29, 0.717) is 11.8 Å². The normalized spacial score (nSPS) is 10.5. The molecule has 0 spiro atoms. The predicted octanol–water partition coefficient (Wildman–Crippen LogP) is 4.76. The molecule has 0 atom stereocenters. The highest BCUT2D eigenvalue weighted by molar-refractivity contribution is 6.17. The fourth-order valence-corrected chi connectivity index (χ4v) is 2.21. The average Bonchev–Trinajstić information content (AvgIpc) is 2.39. The Morgan fingerprint density at radius 3 is 1.47 bits per heavy atom. The summed E-state index contributed by atoms with van der Waals surface area (Å²) in [5, 5.41) is 0. The molecule has 2 rings (SSSR count). The Morgan fingerprint density at radius 1 is 0.647 bits per heavy atom. The van der Waals surface area contributed by atoms with Crippen molar-refractivity contribution in [2.75, 3.05) is 0 Å². The minimum Gasteiger partial charge on any atom is -0.122 e. The summed E-state index contributed by atoms with van der Waals surface area (Å²) in [5.74, 6) is 1.13. The van der Waals surface area contributed by atoms with E-state index < -0.39 is 0 Å². The first-order valence-corrected chi connectivity index (χ1v) is 6.66. The molecule has 2 heteroatoms. The number of alkyl halides is 2. The van der Waals surface area contributed by atoms with Crippen LogP contribution in [0, 0.1) is 0 Å². The Morgan fingerprint density at radius 2 is 1.06 bits per heavy atom. The maximum atomic E-state index is 5.83. The molecule has 0 aliphatic rings. The SMILES string of the molecule is ClCc1cccc(Cc2cccc(CCl)c2)c1. The van der Waals surface area contributed by atoms with Crippen LogP contribution in [0.3, 0.4) is 0 Å². The topological polar surface area (TPSA) is 0 Å². The molecule has 0 saturated heterocycles. The highest BCUT2D eigenvalue weighted by atomic mass is 35.5. The van der Waals surface area contributed by atoms with Gasteiger partial charge in [0, 0.05) is 11.8 Å². The molecular formula is C15H14Cl2. The van der Waals surface area contributed by atoms with Crippen molar-refractivity contribution in [1.29, 1.82) is 0 Å². The standard InChI is InChI=1S/C15H14Cl2/c16-10-14-5-1-3-12(8-14)7-13-4-2-6-15(9-13)11-17/h1-6,8-9H,7,10-11H2. The fraction of sp³-hybridized carbons (Fsp3) is 0.200. The minimum absolute atomic E-state index is 0.565. The van der Waals surface area contributed by atoms with Crippen LogP contribution in [0.4, 0.5) is 0 Å². The first-order valence-electron chi connectivity index (χ1n) is 5.59. The zero-order chi connectivity index (χ0) is 12.1. The van der Waals surface area contributed by atoms with Gasteiger partial charge in [-0.3, -0.25) is 0 Å². The van der Waals surface area contributed by atoms with Crippen LogP contribution in [0.15, 0.2) is 48.5 Å². The first-order chi connectivity index (χ1) is 8.31. The van der Waals surface area contributed by atoms with Gasteiger partial charge in [0.05, 0.1) is 0 Å². The summed E-state index contributed by atoms with van der Waals surface area (Å²) in [6.07, 6.45) is 0.926. The van der Waals surface area contributed by atoms with Crippen LogP contribution in [0.5, 0.6) is 0 Å². The van der Waals surface area contributed by atoms with Gasteiger partial charge >= 0.3 is 0 Å². The van der Waals surface area contributed by atoms with Crippen molar-refractivity contribution in [2.24, 2.45) is 0 Å². The zero-order valence-electron chi connectivity index (χ0n) is 9.50. The molecule has 2 aromatic rings. The molecule has 0 N–H and O–H groups in total. The Hall–Kier alpha value is -0.980. The van der Waals surface area contributed by atoms with Crippen LogP contribution in [0.2, 0.25) is 0 Å². The summed E-state index contributed by atoms with van der Waals surface area (Å²) in [6.45, 7) is 0. The molecule has 0 fully saturated rings. The third kappa shape index (κ3) is 3.49. The lowest BCUT2D eigenvalue weighted by molar-refractivity contribution is 1.16. The highest BCUT2D eigenvalue weighted by Crippen LogP contribution is 2.15. The molecule has 0 nitrogen and oxygen atoms in total. The number of hydrogen-bond acceptors (Lipinski definition) is 0. The second-order valence-corrected chi connectivity index (χ2v) is 4.62. The van der Waals surface area contributed by atoms with Gasteiger partial charge in [-0.05, 0) is 28.7 Å². The number of rotatable bonds is 4. The molecule has 88 valence electrons. The average molecular weight is 265 g/mol. The molecule has 0 aromatic heterocycles. The largest absolute Gasteiger partial charge is 0.122 e. The van der Waals surface area contributed by atoms with Gasteiger partial charge in [0.2, 0.25) is 0 Å². The van der Waals surface area contributed by atoms with Gasteiger partial charge in [0.1, 0.15) is 0 Å². The van der Waals surface area contributed by atoms with Crippen molar-refractivity contribution in [2.45, 2.75) is 18.2 Å². The van der Waals surface area contributed by atoms with Crippen LogP contribution in [-0.4, -0.2) is 0 Å². The highest BCUT2D eigenvalue weighted by Gasteiger charge is 1.99. The fourth-order valence-electron chi connectivity index (χ4n) is 1.88. The zero-order valence-corrected chi connectivity index (χ0v) is 11.0. The van der Waals surface area contributed by atoms with E-state index in [1.54, 1.807) is 0 Å². The van der Waals surface area contributed by atoms with Crippen LogP contribution >= 0.6 is 23.2 Å². The Labute approximate surface area is 112 Å². The lowest BCUT2D eigenvalue weighted by Crippen LogP contribution is -1.90. The van der Waals surface area contributed by atoms with Crippen molar-refractivity contribution in [3.8, 4) is 0 Å². The lowest BCUT2D eigenvalue weighted by Gasteiger charge is -2.05. The van der Waals surface area contributed by atoms with E-state index in [1.807, 2.05) is 12.1 Å². The van der Waals surface area contributed by atoms with Crippen LogP contribution in [-0.2, 0) is 18.2 Å². The maximum Gasteiger partial charge on any atom is 0.0474 e. The van der Waals surface area contributed by atoms with Crippen LogP contribution in [0.25, 0.3) is 0 Å². The van der Waals surface area contributed by atoms with Crippen LogP contribution < -0.4 is 0 Å². The number of hydrogen-bond donors (Lipinski definition) is 0. The van der Waals surface area contributed by atoms with Gasteiger partial charge in [0.25, 0.3) is 0 Å². The van der Waals surface area contributed by atoms with Gasteiger partial charge < -0.3 is 0 Å². The van der Waals surface area contributed by atoms with Crippen molar-refractivity contribution in [3.05, 3.63) is 70.8 Å². The lowest BCUT2D eigenvalue weighted by atomic mass is 10.0. The third-order valence-electron chi connectivity index (χ3n) is 2.70. The van der Waals surface area contributed by atoms with E-state index in [4.69, 9.17) is 23.2 Å². The molecule has 2 aromatic carbocycles. The molecule has 17 heavy (non-hydrogen) atoms. The molecule has 0 heterocycles. The van der Waals surface area contributed by atoms with Crippen molar-refractivity contribution >= 4 is 23.2 Å². The van der Waals surface area contributed by atoms with Gasteiger partial charge in [-0.25, -0.2) is 0 Å². The Bertz CT molecular complexity index is 446. The second kappa shape index (κ2) is 6.09. The van der Waals surface area contributed by atoms with E-state index in [9.17, 15) is 0 Å². The third-order valence-corrected chi connectivity index (χ3v) is 3.32. The monoisotopic (exact) mass is 264 g/mol. The van der Waals surface area contributed by atoms with E-state index in [1.165, 1.54) is 11.1 Å². The summed E-state index contributed by atoms with van der Waals surface area (Å²) >= 11 is 11.7. The quantitative estimate of drug-likeness (QED) is 0.699. The Kier molecular flexibility index (Phi) is 4.47. The summed E-state index contributed by atoms with van der Waals surface area (Å²) in [6, 6.07) is 16.8. The number of halogens is 2. The van der Waals surface area contributed by atoms with Gasteiger partial charge in [-0.2, -0.15) is 0 Å². The second-order valence-electron chi connectivity index (χ2n) is 4.08. The molecule has 0 bridgehead atoms. The molecule has 0 aliphatic carbocycles. The van der Waals surface area contributed by atoms with Crippen LogP contribution in [0.1, 0.15) is 22.3 Å². The van der Waals surface area contributed by atoms with E-state index in [-0.39, 0.29) is 0 Å². The van der Waals surface area contributed by atoms with E-state index in [0.717, 1.165) is 17.5 Å². The number of benzene rings is 2. The van der Waals surface area contributed by atoms with E-state index >= 15 is 0 Å². The summed E-state index contributed by atoms with van der Waals surface area (Å²) in [5.41, 5.74) is 4.90. The van der Waals surface area contributed by atoms with Gasteiger partial charge in [-0.1, -0.05) is 48.5 Å². The summed E-state index contributed by atoms with van der Waals surface area (Å²) < 4.78 is 0.